The number of hydrogen-bond donors (Lipinski definition) is 3. The maximum Gasteiger partial charge on any atom is 0.275 e. The van der Waals surface area contributed by atoms with Crippen molar-refractivity contribution in [2.24, 2.45) is 0 Å². The molecule has 2 amide bonds. The quantitative estimate of drug-likeness (QED) is 0.314. The third-order valence-electron chi connectivity index (χ3n) is 8.28. The lowest BCUT2D eigenvalue weighted by atomic mass is 9.98. The number of amides is 2. The Kier molecular flexibility index (Phi) is 8.34. The van der Waals surface area contributed by atoms with Crippen molar-refractivity contribution in [2.45, 2.75) is 30.7 Å². The first-order chi connectivity index (χ1) is 21.8. The first-order valence-corrected chi connectivity index (χ1v) is 16.6. The van der Waals surface area contributed by atoms with Crippen LogP contribution in [0.4, 0.5) is 25.8 Å². The fraction of sp³-hybridized carbons (Fsp3) is 0.333. The lowest BCUT2D eigenvalue weighted by Gasteiger charge is -2.37. The summed E-state index contributed by atoms with van der Waals surface area (Å²) in [5.41, 5.74) is 3.26. The average Bonchev–Trinajstić information content (AvgIpc) is 3.33. The van der Waals surface area contributed by atoms with Crippen LogP contribution < -0.4 is 20.9 Å². The third-order valence-corrected chi connectivity index (χ3v) is 10.1. The first-order valence-electron chi connectivity index (χ1n) is 15.1. The Bertz CT molecular complexity index is 1800. The molecule has 3 aliphatic rings. The molecule has 0 spiro atoms. The monoisotopic (exact) mass is 650 g/mol. The van der Waals surface area contributed by atoms with Crippen molar-refractivity contribution in [1.29, 1.82) is 0 Å². The van der Waals surface area contributed by atoms with Crippen LogP contribution in [0.5, 0.6) is 0 Å². The highest BCUT2D eigenvalue weighted by atomic mass is 32.2. The minimum atomic E-state index is -4.51. The summed E-state index contributed by atoms with van der Waals surface area (Å²) < 4.78 is 55.6. The lowest BCUT2D eigenvalue weighted by Crippen LogP contribution is -2.58. The fourth-order valence-corrected chi connectivity index (χ4v) is 7.50. The molecule has 0 radical (unpaired) electrons. The van der Waals surface area contributed by atoms with Gasteiger partial charge in [0.1, 0.15) is 0 Å². The number of nitrogens with one attached hydrogen (secondary N) is 3. The second kappa shape index (κ2) is 12.1. The van der Waals surface area contributed by atoms with Crippen molar-refractivity contribution in [2.75, 3.05) is 61.8 Å². The number of nitrogens with zero attached hydrogens (tertiary/aromatic N) is 3. The van der Waals surface area contributed by atoms with Crippen LogP contribution in [-0.4, -0.2) is 87.7 Å². The van der Waals surface area contributed by atoms with Crippen LogP contribution in [0.1, 0.15) is 35.3 Å². The van der Waals surface area contributed by atoms with Gasteiger partial charge >= 0.3 is 0 Å². The molecule has 0 bridgehead atoms. The Labute approximate surface area is 267 Å². The van der Waals surface area contributed by atoms with E-state index in [1.54, 1.807) is 13.8 Å². The van der Waals surface area contributed by atoms with Gasteiger partial charge in [0.2, 0.25) is 10.0 Å². The topological polar surface area (TPSA) is 114 Å². The van der Waals surface area contributed by atoms with Gasteiger partial charge in [-0.3, -0.25) is 9.59 Å². The number of carbonyl (C=O) groups is 2. The Balaban J connectivity index is 1.45. The van der Waals surface area contributed by atoms with Crippen molar-refractivity contribution < 1.29 is 26.8 Å². The number of sulfonamides is 1. The second-order valence-electron chi connectivity index (χ2n) is 12.2. The standard InChI is InChI=1S/C33H36F2N6O4S/c1-21(2)36-31(42)26-17-27-25(18-28(26)46(44,45)41-19-33(34,35)20-41)29(32(43)38-27)30(22-7-5-4-6-8-22)37-23-9-11-24(12-10-23)40-15-13-39(3)14-16-40/h4-12,17-18,21,37H,13-16,19-20H2,1-3H3,(H,36,42)(H,38,43)/b30-29-. The van der Waals surface area contributed by atoms with Gasteiger partial charge in [0.05, 0.1) is 40.5 Å². The molecule has 2 fully saturated rings. The molecule has 0 aromatic heterocycles. The van der Waals surface area contributed by atoms with Crippen LogP contribution >= 0.6 is 0 Å². The van der Waals surface area contributed by atoms with E-state index in [2.05, 4.69) is 32.8 Å². The van der Waals surface area contributed by atoms with Gasteiger partial charge < -0.3 is 25.8 Å². The maximum atomic E-state index is 13.8. The van der Waals surface area contributed by atoms with Crippen molar-refractivity contribution in [3.8, 4) is 0 Å². The number of halogens is 2. The normalized spacial score (nSPS) is 19.3. The first kappa shape index (κ1) is 31.6. The summed E-state index contributed by atoms with van der Waals surface area (Å²) in [6.45, 7) is 5.22. The molecule has 3 aromatic carbocycles. The van der Waals surface area contributed by atoms with Crippen LogP contribution in [0, 0.1) is 0 Å². The Morgan fingerprint density at radius 3 is 2.22 bits per heavy atom. The SMILES string of the molecule is CC(C)NC(=O)c1cc2c(cc1S(=O)(=O)N1CC(F)(F)C1)/C(=C(/Nc1ccc(N3CCN(C)CC3)cc1)c1ccccc1)C(=O)N2. The van der Waals surface area contributed by atoms with Gasteiger partial charge in [-0.25, -0.2) is 17.2 Å². The number of fused-ring (bicyclic) bond motifs is 1. The van der Waals surface area contributed by atoms with Crippen molar-refractivity contribution in [1.82, 2.24) is 14.5 Å². The van der Waals surface area contributed by atoms with E-state index >= 15 is 0 Å². The largest absolute Gasteiger partial charge is 0.369 e. The molecule has 0 atom stereocenters. The van der Waals surface area contributed by atoms with E-state index in [-0.39, 0.29) is 28.4 Å². The molecule has 0 aliphatic carbocycles. The van der Waals surface area contributed by atoms with Crippen molar-refractivity contribution in [3.63, 3.8) is 0 Å². The maximum absolute atomic E-state index is 13.8. The van der Waals surface area contributed by atoms with Crippen LogP contribution in [0.2, 0.25) is 0 Å². The molecular weight excluding hydrogens is 614 g/mol. The molecule has 3 heterocycles. The van der Waals surface area contributed by atoms with Gasteiger partial charge in [0, 0.05) is 49.2 Å². The summed E-state index contributed by atoms with van der Waals surface area (Å²) >= 11 is 0. The highest BCUT2D eigenvalue weighted by molar-refractivity contribution is 7.89. The molecule has 3 aromatic rings. The predicted octanol–water partition coefficient (Wildman–Crippen LogP) is 4.15. The zero-order valence-electron chi connectivity index (χ0n) is 25.8. The lowest BCUT2D eigenvalue weighted by molar-refractivity contribution is -0.110. The van der Waals surface area contributed by atoms with Gasteiger partial charge in [-0.05, 0) is 62.9 Å². The zero-order valence-corrected chi connectivity index (χ0v) is 26.6. The zero-order chi connectivity index (χ0) is 32.8. The van der Waals surface area contributed by atoms with Gasteiger partial charge in [0.15, 0.2) is 0 Å². The van der Waals surface area contributed by atoms with Gasteiger partial charge in [-0.2, -0.15) is 4.31 Å². The molecule has 13 heteroatoms. The fourth-order valence-electron chi connectivity index (χ4n) is 5.80. The molecule has 242 valence electrons. The predicted molar refractivity (Wildman–Crippen MR) is 174 cm³/mol. The molecule has 0 unspecified atom stereocenters. The Morgan fingerprint density at radius 2 is 1.61 bits per heavy atom. The number of alkyl halides is 2. The molecule has 3 N–H and O–H groups in total. The van der Waals surface area contributed by atoms with E-state index < -0.39 is 45.7 Å². The summed E-state index contributed by atoms with van der Waals surface area (Å²) in [5.74, 6) is -4.36. The number of rotatable bonds is 8. The number of piperazine rings is 1. The Morgan fingerprint density at radius 1 is 0.957 bits per heavy atom. The summed E-state index contributed by atoms with van der Waals surface area (Å²) in [6.07, 6.45) is 0. The van der Waals surface area contributed by atoms with E-state index in [0.29, 0.717) is 21.3 Å². The van der Waals surface area contributed by atoms with Gasteiger partial charge in [-0.15, -0.1) is 0 Å². The molecule has 0 saturated carbocycles. The molecule has 6 rings (SSSR count). The number of likely N-dealkylation sites (N-methyl/N-ethyl adjacent to an activating group) is 1. The van der Waals surface area contributed by atoms with Crippen LogP contribution in [0.15, 0.2) is 71.6 Å². The van der Waals surface area contributed by atoms with Crippen molar-refractivity contribution in [3.05, 3.63) is 83.4 Å². The van der Waals surface area contributed by atoms with Crippen LogP contribution in [0.25, 0.3) is 11.3 Å². The molecule has 2 saturated heterocycles. The Hall–Kier alpha value is -4.33. The number of hydrogen-bond acceptors (Lipinski definition) is 7. The highest BCUT2D eigenvalue weighted by Crippen LogP contribution is 2.42. The smallest absolute Gasteiger partial charge is 0.275 e. The molecular formula is C33H36F2N6O4S. The van der Waals surface area contributed by atoms with Crippen molar-refractivity contribution >= 4 is 50.2 Å². The summed E-state index contributed by atoms with van der Waals surface area (Å²) in [4.78, 5) is 31.0. The van der Waals surface area contributed by atoms with Crippen LogP contribution in [0.3, 0.4) is 0 Å². The van der Waals surface area contributed by atoms with Crippen LogP contribution in [-0.2, 0) is 14.8 Å². The second-order valence-corrected chi connectivity index (χ2v) is 14.1. The minimum Gasteiger partial charge on any atom is -0.369 e. The third kappa shape index (κ3) is 6.22. The van der Waals surface area contributed by atoms with Gasteiger partial charge in [-0.1, -0.05) is 30.3 Å². The van der Waals surface area contributed by atoms with E-state index in [0.717, 1.165) is 31.9 Å². The van der Waals surface area contributed by atoms with E-state index in [4.69, 9.17) is 0 Å². The number of benzene rings is 3. The molecule has 10 nitrogen and oxygen atoms in total. The molecule has 3 aliphatic heterocycles. The minimum absolute atomic E-state index is 0.158. The molecule has 46 heavy (non-hydrogen) atoms. The van der Waals surface area contributed by atoms with E-state index in [1.165, 1.54) is 12.1 Å². The number of carbonyl (C=O) groups excluding carboxylic acids is 2. The summed E-state index contributed by atoms with van der Waals surface area (Å²) in [7, 11) is -2.41. The summed E-state index contributed by atoms with van der Waals surface area (Å²) in [6, 6.07) is 19.2. The number of anilines is 3. The summed E-state index contributed by atoms with van der Waals surface area (Å²) in [5, 5.41) is 8.83. The van der Waals surface area contributed by atoms with Gasteiger partial charge in [0.25, 0.3) is 17.7 Å². The van der Waals surface area contributed by atoms with E-state index in [9.17, 15) is 26.8 Å². The average molecular weight is 651 g/mol. The van der Waals surface area contributed by atoms with E-state index in [1.807, 2.05) is 54.6 Å². The highest BCUT2D eigenvalue weighted by Gasteiger charge is 2.51.